The summed E-state index contributed by atoms with van der Waals surface area (Å²) in [7, 11) is 0. The Balaban J connectivity index is 1.61. The maximum Gasteiger partial charge on any atom is 0.147 e. The lowest BCUT2D eigenvalue weighted by atomic mass is 9.98. The molecular formula is C16H21Br2NO2. The first kappa shape index (κ1) is 15.8. The minimum absolute atomic E-state index is 0.173. The molecule has 0 amide bonds. The minimum Gasteiger partial charge on any atom is -0.489 e. The fourth-order valence-corrected chi connectivity index (χ4v) is 4.95. The van der Waals surface area contributed by atoms with Gasteiger partial charge in [-0.1, -0.05) is 12.8 Å². The maximum absolute atomic E-state index is 6.28. The van der Waals surface area contributed by atoms with E-state index in [2.05, 4.69) is 31.9 Å². The van der Waals surface area contributed by atoms with E-state index in [0.717, 1.165) is 26.7 Å². The third-order valence-electron chi connectivity index (χ3n) is 4.56. The predicted octanol–water partition coefficient (Wildman–Crippen LogP) is 4.54. The topological polar surface area (TPSA) is 44.5 Å². The standard InChI is InChI=1S/C16H21Br2NO2/c17-13-7-11(9-19)8-14(18)15(13)20-10-12-3-6-16(21-12)4-1-2-5-16/h7-8,12H,1-6,9-10,19H2. The molecular weight excluding hydrogens is 398 g/mol. The van der Waals surface area contributed by atoms with Gasteiger partial charge >= 0.3 is 0 Å². The number of benzene rings is 1. The summed E-state index contributed by atoms with van der Waals surface area (Å²) in [6.45, 7) is 1.13. The Morgan fingerprint density at radius 2 is 1.86 bits per heavy atom. The van der Waals surface area contributed by atoms with Crippen LogP contribution in [0.15, 0.2) is 21.1 Å². The predicted molar refractivity (Wildman–Crippen MR) is 90.5 cm³/mol. The molecule has 5 heteroatoms. The molecule has 1 aromatic carbocycles. The SMILES string of the molecule is NCc1cc(Br)c(OCC2CCC3(CCCC3)O2)c(Br)c1. The van der Waals surface area contributed by atoms with Gasteiger partial charge in [-0.2, -0.15) is 0 Å². The zero-order chi connectivity index (χ0) is 14.9. The van der Waals surface area contributed by atoms with Crippen LogP contribution in [0, 0.1) is 0 Å². The van der Waals surface area contributed by atoms with E-state index < -0.39 is 0 Å². The lowest BCUT2D eigenvalue weighted by Gasteiger charge is -2.24. The van der Waals surface area contributed by atoms with Gasteiger partial charge in [-0.15, -0.1) is 0 Å². The summed E-state index contributed by atoms with van der Waals surface area (Å²) in [5.41, 5.74) is 6.92. The average molecular weight is 419 g/mol. The van der Waals surface area contributed by atoms with Crippen molar-refractivity contribution in [2.24, 2.45) is 5.73 Å². The van der Waals surface area contributed by atoms with Gasteiger partial charge in [0, 0.05) is 6.54 Å². The van der Waals surface area contributed by atoms with Crippen LogP contribution in [0.2, 0.25) is 0 Å². The van der Waals surface area contributed by atoms with Crippen molar-refractivity contribution in [2.75, 3.05) is 6.61 Å². The van der Waals surface area contributed by atoms with Crippen LogP contribution in [-0.2, 0) is 11.3 Å². The van der Waals surface area contributed by atoms with E-state index in [1.807, 2.05) is 12.1 Å². The van der Waals surface area contributed by atoms with E-state index in [-0.39, 0.29) is 11.7 Å². The van der Waals surface area contributed by atoms with Gasteiger partial charge in [0.05, 0.1) is 20.7 Å². The summed E-state index contributed by atoms with van der Waals surface area (Å²) < 4.78 is 14.1. The molecule has 3 rings (SSSR count). The summed E-state index contributed by atoms with van der Waals surface area (Å²) in [5.74, 6) is 0.836. The summed E-state index contributed by atoms with van der Waals surface area (Å²) in [4.78, 5) is 0. The van der Waals surface area contributed by atoms with Crippen LogP contribution in [0.25, 0.3) is 0 Å². The second-order valence-electron chi connectivity index (χ2n) is 6.07. The van der Waals surface area contributed by atoms with Gasteiger partial charge in [0.2, 0.25) is 0 Å². The molecule has 1 atom stereocenters. The zero-order valence-electron chi connectivity index (χ0n) is 12.0. The summed E-state index contributed by atoms with van der Waals surface area (Å²) >= 11 is 7.11. The van der Waals surface area contributed by atoms with E-state index in [1.165, 1.54) is 32.1 Å². The van der Waals surface area contributed by atoms with Crippen LogP contribution in [0.1, 0.15) is 44.1 Å². The molecule has 0 bridgehead atoms. The van der Waals surface area contributed by atoms with Crippen LogP contribution < -0.4 is 10.5 Å². The first-order chi connectivity index (χ1) is 10.1. The molecule has 0 radical (unpaired) electrons. The molecule has 1 aliphatic carbocycles. The Morgan fingerprint density at radius 1 is 1.19 bits per heavy atom. The lowest BCUT2D eigenvalue weighted by Crippen LogP contribution is -2.27. The van der Waals surface area contributed by atoms with Gasteiger partial charge in [0.15, 0.2) is 0 Å². The molecule has 1 heterocycles. The van der Waals surface area contributed by atoms with Gasteiger partial charge < -0.3 is 15.2 Å². The number of rotatable bonds is 4. The molecule has 2 fully saturated rings. The Hall–Kier alpha value is -0.100. The van der Waals surface area contributed by atoms with Gasteiger partial charge in [-0.05, 0) is 75.2 Å². The van der Waals surface area contributed by atoms with E-state index >= 15 is 0 Å². The third kappa shape index (κ3) is 3.46. The van der Waals surface area contributed by atoms with Gasteiger partial charge in [-0.3, -0.25) is 0 Å². The monoisotopic (exact) mass is 417 g/mol. The Bertz CT molecular complexity index is 492. The third-order valence-corrected chi connectivity index (χ3v) is 5.74. The van der Waals surface area contributed by atoms with Crippen molar-refractivity contribution in [3.05, 3.63) is 26.6 Å². The Kier molecular flexibility index (Phi) is 4.94. The smallest absolute Gasteiger partial charge is 0.147 e. The highest BCUT2D eigenvalue weighted by atomic mass is 79.9. The van der Waals surface area contributed by atoms with Crippen LogP contribution in [0.4, 0.5) is 0 Å². The van der Waals surface area contributed by atoms with Crippen LogP contribution in [-0.4, -0.2) is 18.3 Å². The second-order valence-corrected chi connectivity index (χ2v) is 7.78. The fourth-order valence-electron chi connectivity index (χ4n) is 3.44. The van der Waals surface area contributed by atoms with Crippen molar-refractivity contribution >= 4 is 31.9 Å². The quantitative estimate of drug-likeness (QED) is 0.780. The molecule has 1 saturated heterocycles. The number of ether oxygens (including phenoxy) is 2. The van der Waals surface area contributed by atoms with Crippen molar-refractivity contribution in [1.82, 2.24) is 0 Å². The van der Waals surface area contributed by atoms with E-state index in [4.69, 9.17) is 15.2 Å². The molecule has 1 aliphatic heterocycles. The highest BCUT2D eigenvalue weighted by Crippen LogP contribution is 2.43. The highest BCUT2D eigenvalue weighted by Gasteiger charge is 2.42. The van der Waals surface area contributed by atoms with E-state index in [0.29, 0.717) is 13.2 Å². The van der Waals surface area contributed by atoms with Gasteiger partial charge in [0.25, 0.3) is 0 Å². The summed E-state index contributed by atoms with van der Waals surface area (Å²) in [6.07, 6.45) is 7.59. The molecule has 1 unspecified atom stereocenters. The molecule has 1 aromatic rings. The molecule has 116 valence electrons. The van der Waals surface area contributed by atoms with Crippen LogP contribution in [0.5, 0.6) is 5.75 Å². The molecule has 1 saturated carbocycles. The molecule has 1 spiro atoms. The van der Waals surface area contributed by atoms with Crippen molar-refractivity contribution in [3.8, 4) is 5.75 Å². The first-order valence-electron chi connectivity index (χ1n) is 7.60. The summed E-state index contributed by atoms with van der Waals surface area (Å²) in [6, 6.07) is 4.02. The number of halogens is 2. The Morgan fingerprint density at radius 3 is 2.48 bits per heavy atom. The molecule has 2 N–H and O–H groups in total. The second kappa shape index (κ2) is 6.57. The number of hydrogen-bond donors (Lipinski definition) is 1. The van der Waals surface area contributed by atoms with Crippen molar-refractivity contribution in [2.45, 2.75) is 56.8 Å². The average Bonchev–Trinajstić information content (AvgIpc) is 3.08. The normalized spacial score (nSPS) is 23.9. The largest absolute Gasteiger partial charge is 0.489 e. The maximum atomic E-state index is 6.28. The van der Waals surface area contributed by atoms with Crippen LogP contribution >= 0.6 is 31.9 Å². The fraction of sp³-hybridized carbons (Fsp3) is 0.625. The number of nitrogens with two attached hydrogens (primary N) is 1. The molecule has 21 heavy (non-hydrogen) atoms. The van der Waals surface area contributed by atoms with Crippen LogP contribution in [0.3, 0.4) is 0 Å². The van der Waals surface area contributed by atoms with Crippen molar-refractivity contribution < 1.29 is 9.47 Å². The molecule has 0 aromatic heterocycles. The Labute approximate surface area is 142 Å². The van der Waals surface area contributed by atoms with E-state index in [9.17, 15) is 0 Å². The molecule has 3 nitrogen and oxygen atoms in total. The lowest BCUT2D eigenvalue weighted by molar-refractivity contribution is -0.0510. The summed E-state index contributed by atoms with van der Waals surface area (Å²) in [5, 5.41) is 0. The van der Waals surface area contributed by atoms with Crippen molar-refractivity contribution in [3.63, 3.8) is 0 Å². The minimum atomic E-state index is 0.173. The van der Waals surface area contributed by atoms with Gasteiger partial charge in [0.1, 0.15) is 12.4 Å². The van der Waals surface area contributed by atoms with E-state index in [1.54, 1.807) is 0 Å². The highest BCUT2D eigenvalue weighted by molar-refractivity contribution is 9.11. The molecule has 2 aliphatic rings. The van der Waals surface area contributed by atoms with Crippen molar-refractivity contribution in [1.29, 1.82) is 0 Å². The number of hydrogen-bond acceptors (Lipinski definition) is 3. The first-order valence-corrected chi connectivity index (χ1v) is 9.19. The zero-order valence-corrected chi connectivity index (χ0v) is 15.2. The van der Waals surface area contributed by atoms with Gasteiger partial charge in [-0.25, -0.2) is 0 Å².